The lowest BCUT2D eigenvalue weighted by molar-refractivity contribution is 0.288. The normalized spacial score (nSPS) is 23.6. The number of fused-ring (bicyclic) bond motifs is 1. The molecule has 1 heterocycles. The van der Waals surface area contributed by atoms with E-state index in [1.54, 1.807) is 0 Å². The minimum atomic E-state index is 0.447. The molecule has 108 valence electrons. The van der Waals surface area contributed by atoms with Crippen LogP contribution in [-0.4, -0.2) is 9.55 Å². The molecular formula is C17H25N3. The molecule has 2 aromatic rings. The second kappa shape index (κ2) is 5.12. The summed E-state index contributed by atoms with van der Waals surface area (Å²) in [6.07, 6.45) is 5.21. The maximum Gasteiger partial charge on any atom is 0.112 e. The van der Waals surface area contributed by atoms with Crippen LogP contribution in [0.25, 0.3) is 11.0 Å². The summed E-state index contributed by atoms with van der Waals surface area (Å²) >= 11 is 0. The first-order valence-electron chi connectivity index (χ1n) is 7.83. The fraction of sp³-hybridized carbons (Fsp3) is 0.588. The van der Waals surface area contributed by atoms with E-state index in [0.717, 1.165) is 17.1 Å². The highest BCUT2D eigenvalue weighted by Crippen LogP contribution is 2.36. The van der Waals surface area contributed by atoms with E-state index in [0.29, 0.717) is 12.0 Å². The van der Waals surface area contributed by atoms with Crippen LogP contribution in [0, 0.1) is 5.92 Å². The lowest BCUT2D eigenvalue weighted by Crippen LogP contribution is -2.19. The summed E-state index contributed by atoms with van der Waals surface area (Å²) in [7, 11) is 0. The van der Waals surface area contributed by atoms with E-state index < -0.39 is 0 Å². The number of benzene rings is 1. The van der Waals surface area contributed by atoms with E-state index >= 15 is 0 Å². The van der Waals surface area contributed by atoms with Gasteiger partial charge in [-0.05, 0) is 49.8 Å². The SMILES string of the molecule is CC1CCC(n2c(C(C)C)nc3cc(N)ccc32)CC1. The topological polar surface area (TPSA) is 43.8 Å². The second-order valence-electron chi connectivity index (χ2n) is 6.66. The van der Waals surface area contributed by atoms with Crippen LogP contribution < -0.4 is 5.73 Å². The molecule has 3 nitrogen and oxygen atoms in total. The molecule has 1 aliphatic carbocycles. The van der Waals surface area contributed by atoms with Crippen LogP contribution in [0.3, 0.4) is 0 Å². The van der Waals surface area contributed by atoms with Gasteiger partial charge in [-0.3, -0.25) is 0 Å². The molecular weight excluding hydrogens is 246 g/mol. The molecule has 0 aliphatic heterocycles. The molecule has 0 amide bonds. The number of hydrogen-bond acceptors (Lipinski definition) is 2. The van der Waals surface area contributed by atoms with Crippen LogP contribution in [0.15, 0.2) is 18.2 Å². The summed E-state index contributed by atoms with van der Waals surface area (Å²) in [6.45, 7) is 6.82. The number of nitrogens with zero attached hydrogens (tertiary/aromatic N) is 2. The van der Waals surface area contributed by atoms with Crippen molar-refractivity contribution in [3.8, 4) is 0 Å². The lowest BCUT2D eigenvalue weighted by atomic mass is 9.87. The molecule has 3 rings (SSSR count). The molecule has 1 fully saturated rings. The van der Waals surface area contributed by atoms with Gasteiger partial charge in [0.1, 0.15) is 5.82 Å². The van der Waals surface area contributed by atoms with Crippen molar-refractivity contribution >= 4 is 16.7 Å². The van der Waals surface area contributed by atoms with Gasteiger partial charge in [-0.2, -0.15) is 0 Å². The van der Waals surface area contributed by atoms with Crippen LogP contribution >= 0.6 is 0 Å². The molecule has 0 radical (unpaired) electrons. The lowest BCUT2D eigenvalue weighted by Gasteiger charge is -2.29. The fourth-order valence-electron chi connectivity index (χ4n) is 3.43. The Balaban J connectivity index is 2.09. The highest BCUT2D eigenvalue weighted by molar-refractivity contribution is 5.80. The van der Waals surface area contributed by atoms with Crippen molar-refractivity contribution in [1.82, 2.24) is 9.55 Å². The Morgan fingerprint density at radius 3 is 2.55 bits per heavy atom. The highest BCUT2D eigenvalue weighted by atomic mass is 15.1. The van der Waals surface area contributed by atoms with Crippen molar-refractivity contribution in [1.29, 1.82) is 0 Å². The first-order chi connectivity index (χ1) is 9.56. The molecule has 1 aliphatic rings. The Morgan fingerprint density at radius 2 is 1.90 bits per heavy atom. The molecule has 2 N–H and O–H groups in total. The van der Waals surface area contributed by atoms with Gasteiger partial charge < -0.3 is 10.3 Å². The first kappa shape index (κ1) is 13.5. The van der Waals surface area contributed by atoms with E-state index in [9.17, 15) is 0 Å². The average Bonchev–Trinajstić information content (AvgIpc) is 2.78. The molecule has 1 aromatic heterocycles. The molecule has 1 saturated carbocycles. The predicted molar refractivity (Wildman–Crippen MR) is 84.9 cm³/mol. The van der Waals surface area contributed by atoms with Crippen LogP contribution in [0.2, 0.25) is 0 Å². The molecule has 3 heteroatoms. The van der Waals surface area contributed by atoms with Crippen molar-refractivity contribution in [2.75, 3.05) is 5.73 Å². The van der Waals surface area contributed by atoms with E-state index in [-0.39, 0.29) is 0 Å². The summed E-state index contributed by atoms with van der Waals surface area (Å²) in [4.78, 5) is 4.85. The Hall–Kier alpha value is -1.51. The molecule has 0 unspecified atom stereocenters. The van der Waals surface area contributed by atoms with E-state index in [1.165, 1.54) is 37.0 Å². The molecule has 1 aromatic carbocycles. The van der Waals surface area contributed by atoms with Crippen molar-refractivity contribution in [2.45, 2.75) is 58.4 Å². The number of nitrogen functional groups attached to an aromatic ring is 1. The summed E-state index contributed by atoms with van der Waals surface area (Å²) in [5.74, 6) is 2.53. The van der Waals surface area contributed by atoms with Crippen LogP contribution in [0.5, 0.6) is 0 Å². The van der Waals surface area contributed by atoms with Crippen molar-refractivity contribution in [3.63, 3.8) is 0 Å². The molecule has 0 bridgehead atoms. The zero-order chi connectivity index (χ0) is 14.3. The summed E-state index contributed by atoms with van der Waals surface area (Å²) in [5.41, 5.74) is 9.01. The first-order valence-corrected chi connectivity index (χ1v) is 7.83. The largest absolute Gasteiger partial charge is 0.399 e. The molecule has 0 atom stereocenters. The summed E-state index contributed by atoms with van der Waals surface area (Å²) in [6, 6.07) is 6.75. The third-order valence-corrected chi connectivity index (χ3v) is 4.61. The smallest absolute Gasteiger partial charge is 0.112 e. The van der Waals surface area contributed by atoms with Gasteiger partial charge in [0.2, 0.25) is 0 Å². The number of anilines is 1. The zero-order valence-corrected chi connectivity index (χ0v) is 12.8. The predicted octanol–water partition coefficient (Wildman–Crippen LogP) is 4.49. The third-order valence-electron chi connectivity index (χ3n) is 4.61. The van der Waals surface area contributed by atoms with Crippen LogP contribution in [0.1, 0.15) is 64.2 Å². The Kier molecular flexibility index (Phi) is 3.45. The van der Waals surface area contributed by atoms with Crippen LogP contribution in [-0.2, 0) is 0 Å². The summed E-state index contributed by atoms with van der Waals surface area (Å²) in [5, 5.41) is 0. The fourth-order valence-corrected chi connectivity index (χ4v) is 3.43. The van der Waals surface area contributed by atoms with E-state index in [2.05, 4.69) is 31.4 Å². The number of aromatic nitrogens is 2. The number of imidazole rings is 1. The maximum atomic E-state index is 5.91. The Bertz CT molecular complexity index is 604. The quantitative estimate of drug-likeness (QED) is 0.818. The van der Waals surface area contributed by atoms with E-state index in [1.807, 2.05) is 12.1 Å². The monoisotopic (exact) mass is 271 g/mol. The number of rotatable bonds is 2. The van der Waals surface area contributed by atoms with Gasteiger partial charge in [0.05, 0.1) is 11.0 Å². The van der Waals surface area contributed by atoms with Crippen molar-refractivity contribution in [2.24, 2.45) is 5.92 Å². The van der Waals surface area contributed by atoms with Gasteiger partial charge >= 0.3 is 0 Å². The zero-order valence-electron chi connectivity index (χ0n) is 12.8. The van der Waals surface area contributed by atoms with Crippen molar-refractivity contribution < 1.29 is 0 Å². The third kappa shape index (κ3) is 2.30. The average molecular weight is 271 g/mol. The Labute approximate surface area is 121 Å². The van der Waals surface area contributed by atoms with E-state index in [4.69, 9.17) is 10.7 Å². The Morgan fingerprint density at radius 1 is 1.20 bits per heavy atom. The van der Waals surface area contributed by atoms with Gasteiger partial charge in [0.15, 0.2) is 0 Å². The minimum Gasteiger partial charge on any atom is -0.399 e. The van der Waals surface area contributed by atoms with Gasteiger partial charge in [-0.15, -0.1) is 0 Å². The number of hydrogen-bond donors (Lipinski definition) is 1. The van der Waals surface area contributed by atoms with Gasteiger partial charge in [0, 0.05) is 17.6 Å². The highest BCUT2D eigenvalue weighted by Gasteiger charge is 2.24. The molecule has 0 saturated heterocycles. The number of nitrogens with two attached hydrogens (primary N) is 1. The van der Waals surface area contributed by atoms with Crippen molar-refractivity contribution in [3.05, 3.63) is 24.0 Å². The molecule has 20 heavy (non-hydrogen) atoms. The maximum absolute atomic E-state index is 5.91. The van der Waals surface area contributed by atoms with Gasteiger partial charge in [0.25, 0.3) is 0 Å². The summed E-state index contributed by atoms with van der Waals surface area (Å²) < 4.78 is 2.49. The standard InChI is InChI=1S/C17H25N3/c1-11(2)17-19-15-10-13(18)6-9-16(15)20(17)14-7-4-12(3)5-8-14/h6,9-12,14H,4-5,7-8,18H2,1-3H3. The second-order valence-corrected chi connectivity index (χ2v) is 6.66. The van der Waals surface area contributed by atoms with Gasteiger partial charge in [-0.25, -0.2) is 4.98 Å². The molecule has 0 spiro atoms. The minimum absolute atomic E-state index is 0.447. The van der Waals surface area contributed by atoms with Gasteiger partial charge in [-0.1, -0.05) is 20.8 Å². The van der Waals surface area contributed by atoms with Crippen LogP contribution in [0.4, 0.5) is 5.69 Å².